The monoisotopic (exact) mass is 376 g/mol. The number of nitrogens with zero attached hydrogens (tertiary/aromatic N) is 2. The lowest BCUT2D eigenvalue weighted by atomic mass is 10.2. The molecule has 6 nitrogen and oxygen atoms in total. The predicted octanol–water partition coefficient (Wildman–Crippen LogP) is 3.48. The van der Waals surface area contributed by atoms with E-state index in [0.717, 1.165) is 24.2 Å². The third kappa shape index (κ3) is 5.61. The number of rotatable bonds is 8. The summed E-state index contributed by atoms with van der Waals surface area (Å²) in [6, 6.07) is 7.04. The van der Waals surface area contributed by atoms with Gasteiger partial charge in [-0.15, -0.1) is 0 Å². The summed E-state index contributed by atoms with van der Waals surface area (Å²) in [4.78, 5) is 18.7. The molecule has 0 atom stereocenters. The van der Waals surface area contributed by atoms with Crippen molar-refractivity contribution >= 4 is 29.0 Å². The van der Waals surface area contributed by atoms with E-state index >= 15 is 0 Å². The zero-order chi connectivity index (χ0) is 19.1. The second-order valence-electron chi connectivity index (χ2n) is 6.27. The van der Waals surface area contributed by atoms with Crippen LogP contribution in [0.25, 0.3) is 0 Å². The molecule has 0 radical (unpaired) electrons. The number of nitrogens with one attached hydrogen (secondary N) is 2. The summed E-state index contributed by atoms with van der Waals surface area (Å²) in [5, 5.41) is 6.74. The Morgan fingerprint density at radius 2 is 2.08 bits per heavy atom. The van der Waals surface area contributed by atoms with Crippen LogP contribution in [0.2, 0.25) is 5.02 Å². The SMILES string of the molecule is COc1cc(Cl)c(C)cc1Nc1cc(C(=O)NCCCN(C)C)ccn1. The molecule has 1 heterocycles. The van der Waals surface area contributed by atoms with Crippen molar-refractivity contribution in [3.63, 3.8) is 0 Å². The first-order chi connectivity index (χ1) is 12.4. The van der Waals surface area contributed by atoms with Crippen LogP contribution in [-0.4, -0.2) is 50.1 Å². The van der Waals surface area contributed by atoms with Gasteiger partial charge in [0.15, 0.2) is 0 Å². The maximum Gasteiger partial charge on any atom is 0.251 e. The maximum absolute atomic E-state index is 12.3. The number of aryl methyl sites for hydroxylation is 1. The second-order valence-corrected chi connectivity index (χ2v) is 6.68. The average molecular weight is 377 g/mol. The number of methoxy groups -OCH3 is 1. The minimum Gasteiger partial charge on any atom is -0.495 e. The Hall–Kier alpha value is -2.31. The highest BCUT2D eigenvalue weighted by molar-refractivity contribution is 6.31. The number of carbonyl (C=O) groups is 1. The molecule has 0 spiro atoms. The number of ether oxygens (including phenoxy) is 1. The van der Waals surface area contributed by atoms with Gasteiger partial charge in [-0.25, -0.2) is 4.98 Å². The van der Waals surface area contributed by atoms with E-state index in [1.165, 1.54) is 0 Å². The minimum absolute atomic E-state index is 0.117. The average Bonchev–Trinajstić information content (AvgIpc) is 2.61. The maximum atomic E-state index is 12.3. The van der Waals surface area contributed by atoms with Crippen LogP contribution in [0.5, 0.6) is 5.75 Å². The summed E-state index contributed by atoms with van der Waals surface area (Å²) in [5.74, 6) is 1.06. The molecule has 1 aromatic carbocycles. The topological polar surface area (TPSA) is 66.5 Å². The van der Waals surface area contributed by atoms with E-state index in [0.29, 0.717) is 28.7 Å². The van der Waals surface area contributed by atoms with Crippen molar-refractivity contribution < 1.29 is 9.53 Å². The molecule has 0 fully saturated rings. The molecule has 2 rings (SSSR count). The molecule has 0 saturated heterocycles. The molecule has 0 unspecified atom stereocenters. The molecule has 26 heavy (non-hydrogen) atoms. The number of hydrogen-bond donors (Lipinski definition) is 2. The Morgan fingerprint density at radius 3 is 2.77 bits per heavy atom. The Labute approximate surface area is 159 Å². The lowest BCUT2D eigenvalue weighted by Gasteiger charge is -2.13. The van der Waals surface area contributed by atoms with Crippen molar-refractivity contribution in [2.45, 2.75) is 13.3 Å². The van der Waals surface area contributed by atoms with Crippen LogP contribution in [-0.2, 0) is 0 Å². The van der Waals surface area contributed by atoms with Gasteiger partial charge in [-0.2, -0.15) is 0 Å². The quantitative estimate of drug-likeness (QED) is 0.690. The summed E-state index contributed by atoms with van der Waals surface area (Å²) >= 11 is 6.13. The van der Waals surface area contributed by atoms with Gasteiger partial charge in [0.25, 0.3) is 5.91 Å². The van der Waals surface area contributed by atoms with Gasteiger partial charge in [-0.3, -0.25) is 4.79 Å². The lowest BCUT2D eigenvalue weighted by Crippen LogP contribution is -2.27. The third-order valence-electron chi connectivity index (χ3n) is 3.83. The van der Waals surface area contributed by atoms with Gasteiger partial charge in [-0.1, -0.05) is 11.6 Å². The predicted molar refractivity (Wildman–Crippen MR) is 106 cm³/mol. The highest BCUT2D eigenvalue weighted by atomic mass is 35.5. The molecule has 1 aromatic heterocycles. The Morgan fingerprint density at radius 1 is 1.31 bits per heavy atom. The molecule has 0 saturated carbocycles. The van der Waals surface area contributed by atoms with Crippen LogP contribution < -0.4 is 15.4 Å². The largest absolute Gasteiger partial charge is 0.495 e. The van der Waals surface area contributed by atoms with Crippen molar-refractivity contribution in [3.05, 3.63) is 46.6 Å². The van der Waals surface area contributed by atoms with Crippen LogP contribution >= 0.6 is 11.6 Å². The molecule has 1 amide bonds. The first-order valence-corrected chi connectivity index (χ1v) is 8.78. The van der Waals surface area contributed by atoms with Gasteiger partial charge in [0, 0.05) is 29.4 Å². The van der Waals surface area contributed by atoms with E-state index in [1.54, 1.807) is 31.5 Å². The fourth-order valence-electron chi connectivity index (χ4n) is 2.41. The van der Waals surface area contributed by atoms with E-state index in [-0.39, 0.29) is 5.91 Å². The molecule has 140 valence electrons. The number of benzene rings is 1. The minimum atomic E-state index is -0.117. The molecule has 0 aliphatic carbocycles. The normalized spacial score (nSPS) is 10.7. The van der Waals surface area contributed by atoms with Crippen LogP contribution in [0.3, 0.4) is 0 Å². The smallest absolute Gasteiger partial charge is 0.251 e. The summed E-state index contributed by atoms with van der Waals surface area (Å²) in [7, 11) is 5.60. The first kappa shape index (κ1) is 20.0. The number of pyridine rings is 1. The van der Waals surface area contributed by atoms with Crippen molar-refractivity contribution in [1.82, 2.24) is 15.2 Å². The Kier molecular flexibility index (Phi) is 7.24. The van der Waals surface area contributed by atoms with Crippen molar-refractivity contribution in [1.29, 1.82) is 0 Å². The zero-order valence-corrected chi connectivity index (χ0v) is 16.4. The van der Waals surface area contributed by atoms with Crippen LogP contribution in [0.4, 0.5) is 11.5 Å². The molecule has 0 aliphatic rings. The van der Waals surface area contributed by atoms with E-state index in [2.05, 4.69) is 20.5 Å². The molecular formula is C19H25ClN4O2. The zero-order valence-electron chi connectivity index (χ0n) is 15.6. The fraction of sp³-hybridized carbons (Fsp3) is 0.368. The molecule has 2 N–H and O–H groups in total. The van der Waals surface area contributed by atoms with Gasteiger partial charge < -0.3 is 20.3 Å². The van der Waals surface area contributed by atoms with Gasteiger partial charge in [0.1, 0.15) is 11.6 Å². The van der Waals surface area contributed by atoms with E-state index in [4.69, 9.17) is 16.3 Å². The number of anilines is 2. The molecule has 2 aromatic rings. The highest BCUT2D eigenvalue weighted by Gasteiger charge is 2.10. The van der Waals surface area contributed by atoms with Crippen molar-refractivity contribution in [2.75, 3.05) is 39.6 Å². The van der Waals surface area contributed by atoms with Gasteiger partial charge in [0.05, 0.1) is 12.8 Å². The Balaban J connectivity index is 2.07. The fourth-order valence-corrected chi connectivity index (χ4v) is 2.56. The van der Waals surface area contributed by atoms with E-state index in [1.807, 2.05) is 27.1 Å². The lowest BCUT2D eigenvalue weighted by molar-refractivity contribution is 0.0952. The number of aromatic nitrogens is 1. The van der Waals surface area contributed by atoms with Gasteiger partial charge in [-0.05, 0) is 57.7 Å². The molecular weight excluding hydrogens is 352 g/mol. The molecule has 0 bridgehead atoms. The van der Waals surface area contributed by atoms with E-state index in [9.17, 15) is 4.79 Å². The second kappa shape index (κ2) is 9.40. The summed E-state index contributed by atoms with van der Waals surface area (Å²) < 4.78 is 5.36. The van der Waals surface area contributed by atoms with Crippen molar-refractivity contribution in [3.8, 4) is 5.75 Å². The van der Waals surface area contributed by atoms with Crippen molar-refractivity contribution in [2.24, 2.45) is 0 Å². The van der Waals surface area contributed by atoms with Gasteiger partial charge in [0.2, 0.25) is 0 Å². The molecule has 0 aliphatic heterocycles. The van der Waals surface area contributed by atoms with Crippen LogP contribution in [0, 0.1) is 6.92 Å². The standard InChI is InChI=1S/C19H25ClN4O2/c1-13-10-16(17(26-4)12-15(13)20)23-18-11-14(6-8-21-18)19(25)22-7-5-9-24(2)3/h6,8,10-12H,5,7,9H2,1-4H3,(H,21,23)(H,22,25). The van der Waals surface area contributed by atoms with Gasteiger partial charge >= 0.3 is 0 Å². The van der Waals surface area contributed by atoms with Crippen LogP contribution in [0.1, 0.15) is 22.3 Å². The number of amides is 1. The number of hydrogen-bond acceptors (Lipinski definition) is 5. The third-order valence-corrected chi connectivity index (χ3v) is 4.24. The summed E-state index contributed by atoms with van der Waals surface area (Å²) in [6.07, 6.45) is 2.50. The molecule has 7 heteroatoms. The first-order valence-electron chi connectivity index (χ1n) is 8.41. The highest BCUT2D eigenvalue weighted by Crippen LogP contribution is 2.32. The number of halogens is 1. The van der Waals surface area contributed by atoms with E-state index < -0.39 is 0 Å². The van der Waals surface area contributed by atoms with Crippen LogP contribution in [0.15, 0.2) is 30.5 Å². The summed E-state index contributed by atoms with van der Waals surface area (Å²) in [5.41, 5.74) is 2.22. The number of carbonyl (C=O) groups excluding carboxylic acids is 1. The Bertz CT molecular complexity index is 765. The summed E-state index contributed by atoms with van der Waals surface area (Å²) in [6.45, 7) is 3.48.